The minimum absolute atomic E-state index is 0.491. The number of pyridine rings is 1. The summed E-state index contributed by atoms with van der Waals surface area (Å²) >= 11 is 0. The molecule has 2 aliphatic rings. The highest BCUT2D eigenvalue weighted by molar-refractivity contribution is 5.85. The zero-order valence-corrected chi connectivity index (χ0v) is 13.5. The molecule has 6 nitrogen and oxygen atoms in total. The van der Waals surface area contributed by atoms with Crippen LogP contribution in [-0.2, 0) is 4.74 Å². The first-order valence-corrected chi connectivity index (χ1v) is 8.44. The molecule has 0 spiro atoms. The Bertz CT molecular complexity index is 668. The molecule has 23 heavy (non-hydrogen) atoms. The number of nitrogens with one attached hydrogen (secondary N) is 1. The molecule has 0 saturated carbocycles. The van der Waals surface area contributed by atoms with Crippen LogP contribution in [-0.4, -0.2) is 53.3 Å². The van der Waals surface area contributed by atoms with Gasteiger partial charge in [0.05, 0.1) is 12.3 Å². The van der Waals surface area contributed by atoms with E-state index in [1.54, 1.807) is 12.4 Å². The van der Waals surface area contributed by atoms with Gasteiger partial charge in [-0.25, -0.2) is 15.0 Å². The number of nitrogens with zero attached hydrogens (tertiary/aromatic N) is 4. The normalized spacial score (nSPS) is 28.4. The second-order valence-corrected chi connectivity index (χ2v) is 6.73. The van der Waals surface area contributed by atoms with E-state index < -0.39 is 0 Å². The average Bonchev–Trinajstić information content (AvgIpc) is 3.06. The van der Waals surface area contributed by atoms with Gasteiger partial charge in [0.2, 0.25) is 0 Å². The lowest BCUT2D eigenvalue weighted by Crippen LogP contribution is -2.51. The van der Waals surface area contributed by atoms with Gasteiger partial charge in [-0.1, -0.05) is 6.92 Å². The van der Waals surface area contributed by atoms with Gasteiger partial charge >= 0.3 is 0 Å². The Morgan fingerprint density at radius 2 is 2.00 bits per heavy atom. The lowest BCUT2D eigenvalue weighted by atomic mass is 9.94. The van der Waals surface area contributed by atoms with Gasteiger partial charge in [-0.15, -0.1) is 0 Å². The summed E-state index contributed by atoms with van der Waals surface area (Å²) in [6.07, 6.45) is 7.60. The number of ether oxygens (including phenoxy) is 1. The molecule has 4 heterocycles. The molecular formula is C17H23N5O. The number of aromatic nitrogens is 3. The Balaban J connectivity index is 1.57. The van der Waals surface area contributed by atoms with Crippen molar-refractivity contribution in [1.82, 2.24) is 20.3 Å². The molecular weight excluding hydrogens is 290 g/mol. The van der Waals surface area contributed by atoms with Gasteiger partial charge in [-0.05, 0) is 24.8 Å². The van der Waals surface area contributed by atoms with E-state index in [0.29, 0.717) is 18.0 Å². The minimum atomic E-state index is 0.491. The monoisotopic (exact) mass is 313 g/mol. The fourth-order valence-electron chi connectivity index (χ4n) is 3.79. The molecule has 2 aromatic heterocycles. The molecule has 0 amide bonds. The summed E-state index contributed by atoms with van der Waals surface area (Å²) in [5.41, 5.74) is 2.76. The van der Waals surface area contributed by atoms with Crippen molar-refractivity contribution in [3.05, 3.63) is 24.7 Å². The van der Waals surface area contributed by atoms with Crippen molar-refractivity contribution in [1.29, 1.82) is 0 Å². The van der Waals surface area contributed by atoms with Crippen molar-refractivity contribution in [2.75, 3.05) is 31.2 Å². The smallest absolute Gasteiger partial charge is 0.180 e. The quantitative estimate of drug-likeness (QED) is 0.929. The second-order valence-electron chi connectivity index (χ2n) is 6.73. The fraction of sp³-hybridized carbons (Fsp3) is 0.588. The van der Waals surface area contributed by atoms with Crippen LogP contribution in [0.25, 0.3) is 11.2 Å². The maximum absolute atomic E-state index is 5.49. The van der Waals surface area contributed by atoms with Crippen LogP contribution in [0.15, 0.2) is 24.7 Å². The summed E-state index contributed by atoms with van der Waals surface area (Å²) in [6.45, 7) is 6.09. The maximum atomic E-state index is 5.49. The lowest BCUT2D eigenvalue weighted by molar-refractivity contribution is 0.185. The second kappa shape index (κ2) is 6.37. The highest BCUT2D eigenvalue weighted by Gasteiger charge is 2.28. The van der Waals surface area contributed by atoms with Crippen LogP contribution in [0.1, 0.15) is 19.8 Å². The summed E-state index contributed by atoms with van der Waals surface area (Å²) in [7, 11) is 0. The van der Waals surface area contributed by atoms with Gasteiger partial charge in [0.15, 0.2) is 5.65 Å². The standard InChI is InChI=1S/C17H23N5O/c1-12-8-14(21-13-3-7-23-11-13)10-22(9-12)15-2-4-19-17-16(15)18-5-6-20-17/h2,4-6,12-14,21H,3,7-11H2,1H3/t12-,13?,14+/m0/s1. The van der Waals surface area contributed by atoms with Crippen molar-refractivity contribution in [2.45, 2.75) is 31.8 Å². The fourth-order valence-corrected chi connectivity index (χ4v) is 3.79. The summed E-state index contributed by atoms with van der Waals surface area (Å²) in [5, 5.41) is 3.78. The Kier molecular flexibility index (Phi) is 4.10. The van der Waals surface area contributed by atoms with Crippen molar-refractivity contribution >= 4 is 16.9 Å². The molecule has 4 rings (SSSR count). The molecule has 2 saturated heterocycles. The minimum Gasteiger partial charge on any atom is -0.380 e. The first kappa shape index (κ1) is 14.8. The largest absolute Gasteiger partial charge is 0.380 e. The van der Waals surface area contributed by atoms with E-state index in [1.807, 2.05) is 6.20 Å². The van der Waals surface area contributed by atoms with Gasteiger partial charge in [0.25, 0.3) is 0 Å². The van der Waals surface area contributed by atoms with Gasteiger partial charge in [0, 0.05) is 50.4 Å². The van der Waals surface area contributed by atoms with Crippen LogP contribution in [0.5, 0.6) is 0 Å². The Morgan fingerprint density at radius 1 is 1.13 bits per heavy atom. The summed E-state index contributed by atoms with van der Waals surface area (Å²) in [4.78, 5) is 15.6. The molecule has 0 aliphatic carbocycles. The lowest BCUT2D eigenvalue weighted by Gasteiger charge is -2.39. The number of anilines is 1. The van der Waals surface area contributed by atoms with E-state index in [2.05, 4.69) is 38.2 Å². The number of fused-ring (bicyclic) bond motifs is 1. The van der Waals surface area contributed by atoms with Crippen molar-refractivity contribution < 1.29 is 4.74 Å². The molecule has 1 unspecified atom stereocenters. The van der Waals surface area contributed by atoms with Gasteiger partial charge < -0.3 is 15.0 Å². The van der Waals surface area contributed by atoms with E-state index in [4.69, 9.17) is 4.74 Å². The van der Waals surface area contributed by atoms with E-state index in [0.717, 1.165) is 49.6 Å². The molecule has 3 atom stereocenters. The predicted octanol–water partition coefficient (Wildman–Crippen LogP) is 1.62. The highest BCUT2D eigenvalue weighted by Crippen LogP contribution is 2.27. The van der Waals surface area contributed by atoms with E-state index in [1.165, 1.54) is 6.42 Å². The highest BCUT2D eigenvalue weighted by atomic mass is 16.5. The number of piperidine rings is 1. The molecule has 2 fully saturated rings. The first-order chi connectivity index (χ1) is 11.3. The third kappa shape index (κ3) is 3.14. The maximum Gasteiger partial charge on any atom is 0.180 e. The molecule has 122 valence electrons. The number of hydrogen-bond donors (Lipinski definition) is 1. The summed E-state index contributed by atoms with van der Waals surface area (Å²) in [6, 6.07) is 3.05. The van der Waals surface area contributed by atoms with E-state index in [-0.39, 0.29) is 0 Å². The summed E-state index contributed by atoms with van der Waals surface area (Å²) < 4.78 is 5.49. The summed E-state index contributed by atoms with van der Waals surface area (Å²) in [5.74, 6) is 0.642. The van der Waals surface area contributed by atoms with Crippen molar-refractivity contribution in [3.63, 3.8) is 0 Å². The van der Waals surface area contributed by atoms with Gasteiger partial charge in [-0.3, -0.25) is 0 Å². The zero-order chi connectivity index (χ0) is 15.6. The van der Waals surface area contributed by atoms with Crippen LogP contribution in [0.2, 0.25) is 0 Å². The molecule has 1 N–H and O–H groups in total. The van der Waals surface area contributed by atoms with Crippen LogP contribution >= 0.6 is 0 Å². The molecule has 0 radical (unpaired) electrons. The topological polar surface area (TPSA) is 63.2 Å². The molecule has 0 aromatic carbocycles. The third-order valence-corrected chi connectivity index (χ3v) is 4.75. The van der Waals surface area contributed by atoms with Crippen LogP contribution in [0, 0.1) is 5.92 Å². The van der Waals surface area contributed by atoms with E-state index in [9.17, 15) is 0 Å². The Hall–Kier alpha value is -1.79. The SMILES string of the molecule is C[C@H]1C[C@@H](NC2CCOC2)CN(c2ccnc3nccnc23)C1. The Labute approximate surface area is 136 Å². The van der Waals surface area contributed by atoms with Crippen LogP contribution in [0.4, 0.5) is 5.69 Å². The number of rotatable bonds is 3. The number of hydrogen-bond acceptors (Lipinski definition) is 6. The Morgan fingerprint density at radius 3 is 2.87 bits per heavy atom. The van der Waals surface area contributed by atoms with Gasteiger partial charge in [-0.2, -0.15) is 0 Å². The van der Waals surface area contributed by atoms with Crippen LogP contribution < -0.4 is 10.2 Å². The molecule has 2 aromatic rings. The zero-order valence-electron chi connectivity index (χ0n) is 13.5. The van der Waals surface area contributed by atoms with Crippen molar-refractivity contribution in [2.24, 2.45) is 5.92 Å². The third-order valence-electron chi connectivity index (χ3n) is 4.75. The molecule has 0 bridgehead atoms. The average molecular weight is 313 g/mol. The first-order valence-electron chi connectivity index (χ1n) is 8.44. The molecule has 6 heteroatoms. The molecule has 2 aliphatic heterocycles. The predicted molar refractivity (Wildman–Crippen MR) is 89.5 cm³/mol. The van der Waals surface area contributed by atoms with Gasteiger partial charge in [0.1, 0.15) is 5.52 Å². The van der Waals surface area contributed by atoms with Crippen molar-refractivity contribution in [3.8, 4) is 0 Å². The van der Waals surface area contributed by atoms with Crippen LogP contribution in [0.3, 0.4) is 0 Å². The van der Waals surface area contributed by atoms with E-state index >= 15 is 0 Å².